The van der Waals surface area contributed by atoms with E-state index < -0.39 is 5.60 Å². The maximum Gasteiger partial charge on any atom is 0.0917 e. The molecule has 2 rings (SSSR count). The van der Waals surface area contributed by atoms with Crippen molar-refractivity contribution in [3.05, 3.63) is 22.4 Å². The van der Waals surface area contributed by atoms with Crippen LogP contribution in [0, 0.1) is 0 Å². The fraction of sp³-hybridized carbons (Fsp3) is 0.667. The first-order valence-corrected chi connectivity index (χ1v) is 6.66. The van der Waals surface area contributed by atoms with Gasteiger partial charge in [0.25, 0.3) is 0 Å². The quantitative estimate of drug-likeness (QED) is 0.835. The monoisotopic (exact) mass is 225 g/mol. The molecule has 2 heterocycles. The Kier molecular flexibility index (Phi) is 3.44. The summed E-state index contributed by atoms with van der Waals surface area (Å²) in [6.07, 6.45) is 2.87. The van der Waals surface area contributed by atoms with Crippen LogP contribution in [0.2, 0.25) is 0 Å². The van der Waals surface area contributed by atoms with Gasteiger partial charge in [-0.25, -0.2) is 0 Å². The van der Waals surface area contributed by atoms with Crippen LogP contribution in [0.25, 0.3) is 0 Å². The van der Waals surface area contributed by atoms with E-state index in [4.69, 9.17) is 0 Å². The van der Waals surface area contributed by atoms with Gasteiger partial charge in [-0.3, -0.25) is 0 Å². The summed E-state index contributed by atoms with van der Waals surface area (Å²) < 4.78 is 0. The lowest BCUT2D eigenvalue weighted by Crippen LogP contribution is -2.28. The Balaban J connectivity index is 2.09. The highest BCUT2D eigenvalue weighted by Gasteiger charge is 2.31. The number of hydrogen-bond donors (Lipinski definition) is 1. The third-order valence-electron chi connectivity index (χ3n) is 3.41. The van der Waals surface area contributed by atoms with Crippen LogP contribution in [0.1, 0.15) is 31.7 Å². The van der Waals surface area contributed by atoms with Gasteiger partial charge in [0.05, 0.1) is 5.60 Å². The highest BCUT2D eigenvalue weighted by molar-refractivity contribution is 7.08. The summed E-state index contributed by atoms with van der Waals surface area (Å²) in [6.45, 7) is 5.43. The van der Waals surface area contributed by atoms with Crippen LogP contribution in [0.15, 0.2) is 16.8 Å². The second kappa shape index (κ2) is 4.64. The molecule has 1 fully saturated rings. The minimum Gasteiger partial charge on any atom is -0.385 e. The van der Waals surface area contributed by atoms with Crippen molar-refractivity contribution >= 4 is 11.3 Å². The zero-order valence-electron chi connectivity index (χ0n) is 9.28. The van der Waals surface area contributed by atoms with Gasteiger partial charge in [0.2, 0.25) is 0 Å². The van der Waals surface area contributed by atoms with Gasteiger partial charge in [-0.15, -0.1) is 0 Å². The van der Waals surface area contributed by atoms with E-state index in [1.807, 2.05) is 0 Å². The SMILES string of the molecule is CCN1CCCC(O)(c2ccsc2)CC1. The summed E-state index contributed by atoms with van der Waals surface area (Å²) in [5, 5.41) is 14.7. The first-order valence-electron chi connectivity index (χ1n) is 5.72. The minimum absolute atomic E-state index is 0.566. The molecule has 1 aromatic rings. The molecule has 0 radical (unpaired) electrons. The normalized spacial score (nSPS) is 28.9. The molecule has 0 bridgehead atoms. The Labute approximate surface area is 95.5 Å². The van der Waals surface area contributed by atoms with Crippen molar-refractivity contribution in [3.8, 4) is 0 Å². The number of hydrogen-bond acceptors (Lipinski definition) is 3. The van der Waals surface area contributed by atoms with Gasteiger partial charge in [-0.2, -0.15) is 11.3 Å². The predicted octanol–water partition coefficient (Wildman–Crippen LogP) is 2.44. The van der Waals surface area contributed by atoms with Crippen molar-refractivity contribution < 1.29 is 5.11 Å². The van der Waals surface area contributed by atoms with Crippen LogP contribution in [0.5, 0.6) is 0 Å². The fourth-order valence-corrected chi connectivity index (χ4v) is 3.06. The molecule has 1 atom stereocenters. The molecule has 84 valence electrons. The summed E-state index contributed by atoms with van der Waals surface area (Å²) in [4.78, 5) is 2.42. The lowest BCUT2D eigenvalue weighted by Gasteiger charge is -2.26. The summed E-state index contributed by atoms with van der Waals surface area (Å²) in [7, 11) is 0. The molecule has 0 saturated carbocycles. The maximum absolute atomic E-state index is 10.6. The van der Waals surface area contributed by atoms with Gasteiger partial charge in [0, 0.05) is 6.54 Å². The Bertz CT molecular complexity index is 299. The van der Waals surface area contributed by atoms with E-state index in [-0.39, 0.29) is 0 Å². The molecular formula is C12H19NOS. The molecule has 1 aliphatic heterocycles. The lowest BCUT2D eigenvalue weighted by atomic mass is 9.89. The molecule has 3 heteroatoms. The van der Waals surface area contributed by atoms with Crippen LogP contribution in [0.3, 0.4) is 0 Å². The fourth-order valence-electron chi connectivity index (χ4n) is 2.31. The van der Waals surface area contributed by atoms with Gasteiger partial charge in [-0.05, 0) is 54.7 Å². The number of aliphatic hydroxyl groups is 1. The third-order valence-corrected chi connectivity index (χ3v) is 4.10. The zero-order chi connectivity index (χ0) is 10.7. The summed E-state index contributed by atoms with van der Waals surface area (Å²) in [5.41, 5.74) is 0.551. The Hall–Kier alpha value is -0.380. The van der Waals surface area contributed by atoms with Gasteiger partial charge < -0.3 is 10.0 Å². The first kappa shape index (κ1) is 11.1. The molecule has 1 aliphatic rings. The second-order valence-electron chi connectivity index (χ2n) is 4.33. The first-order chi connectivity index (χ1) is 7.24. The molecule has 0 spiro atoms. The molecule has 15 heavy (non-hydrogen) atoms. The van der Waals surface area contributed by atoms with E-state index in [0.29, 0.717) is 0 Å². The summed E-state index contributed by atoms with van der Waals surface area (Å²) in [6, 6.07) is 2.06. The molecule has 0 aliphatic carbocycles. The maximum atomic E-state index is 10.6. The van der Waals surface area contributed by atoms with E-state index in [0.717, 1.165) is 44.5 Å². The van der Waals surface area contributed by atoms with Crippen LogP contribution >= 0.6 is 11.3 Å². The predicted molar refractivity (Wildman–Crippen MR) is 64.2 cm³/mol. The molecule has 1 aromatic heterocycles. The van der Waals surface area contributed by atoms with Gasteiger partial charge in [0.15, 0.2) is 0 Å². The average molecular weight is 225 g/mol. The van der Waals surface area contributed by atoms with Crippen LogP contribution < -0.4 is 0 Å². The van der Waals surface area contributed by atoms with Crippen LogP contribution in [-0.4, -0.2) is 29.6 Å². The van der Waals surface area contributed by atoms with Crippen molar-refractivity contribution in [2.45, 2.75) is 31.8 Å². The molecule has 1 unspecified atom stereocenters. The lowest BCUT2D eigenvalue weighted by molar-refractivity contribution is 0.0218. The Morgan fingerprint density at radius 1 is 1.47 bits per heavy atom. The number of likely N-dealkylation sites (tertiary alicyclic amines) is 1. The van der Waals surface area contributed by atoms with Gasteiger partial charge in [0.1, 0.15) is 0 Å². The largest absolute Gasteiger partial charge is 0.385 e. The van der Waals surface area contributed by atoms with Crippen LogP contribution in [-0.2, 0) is 5.60 Å². The Morgan fingerprint density at radius 3 is 3.00 bits per heavy atom. The number of rotatable bonds is 2. The highest BCUT2D eigenvalue weighted by Crippen LogP contribution is 2.33. The molecular weight excluding hydrogens is 206 g/mol. The number of thiophene rings is 1. The van der Waals surface area contributed by atoms with Gasteiger partial charge in [-0.1, -0.05) is 6.92 Å². The number of nitrogens with zero attached hydrogens (tertiary/aromatic N) is 1. The molecule has 0 amide bonds. The standard InChI is InChI=1S/C12H19NOS/c1-2-13-7-3-5-12(14,6-8-13)11-4-9-15-10-11/h4,9-10,14H,2-3,5-8H2,1H3. The zero-order valence-corrected chi connectivity index (χ0v) is 10.1. The summed E-state index contributed by atoms with van der Waals surface area (Å²) in [5.74, 6) is 0. The summed E-state index contributed by atoms with van der Waals surface area (Å²) >= 11 is 1.67. The van der Waals surface area contributed by atoms with Crippen molar-refractivity contribution in [1.82, 2.24) is 4.90 Å². The van der Waals surface area contributed by atoms with E-state index in [1.54, 1.807) is 11.3 Å². The minimum atomic E-state index is -0.566. The van der Waals surface area contributed by atoms with E-state index >= 15 is 0 Å². The molecule has 2 nitrogen and oxygen atoms in total. The van der Waals surface area contributed by atoms with E-state index in [9.17, 15) is 5.11 Å². The van der Waals surface area contributed by atoms with E-state index in [1.165, 1.54) is 0 Å². The van der Waals surface area contributed by atoms with E-state index in [2.05, 4.69) is 28.7 Å². The molecule has 1 N–H and O–H groups in total. The van der Waals surface area contributed by atoms with Crippen molar-refractivity contribution in [1.29, 1.82) is 0 Å². The Morgan fingerprint density at radius 2 is 2.33 bits per heavy atom. The van der Waals surface area contributed by atoms with Gasteiger partial charge >= 0.3 is 0 Å². The second-order valence-corrected chi connectivity index (χ2v) is 5.11. The molecule has 1 saturated heterocycles. The van der Waals surface area contributed by atoms with Crippen LogP contribution in [0.4, 0.5) is 0 Å². The van der Waals surface area contributed by atoms with Crippen molar-refractivity contribution in [2.75, 3.05) is 19.6 Å². The topological polar surface area (TPSA) is 23.5 Å². The van der Waals surface area contributed by atoms with Crippen molar-refractivity contribution in [3.63, 3.8) is 0 Å². The van der Waals surface area contributed by atoms with Crippen molar-refractivity contribution in [2.24, 2.45) is 0 Å². The average Bonchev–Trinajstić information content (AvgIpc) is 2.71. The third kappa shape index (κ3) is 2.41. The smallest absolute Gasteiger partial charge is 0.0917 e. The highest BCUT2D eigenvalue weighted by atomic mass is 32.1. The molecule has 0 aromatic carbocycles.